The third kappa shape index (κ3) is 4.70. The Hall–Kier alpha value is -1.63. The quantitative estimate of drug-likeness (QED) is 0.539. The maximum absolute atomic E-state index is 10.4. The molecule has 102 valence electrons. The van der Waals surface area contributed by atoms with Gasteiger partial charge in [0.05, 0.1) is 5.84 Å². The van der Waals surface area contributed by atoms with Gasteiger partial charge in [0.1, 0.15) is 12.1 Å². The van der Waals surface area contributed by atoms with Crippen molar-refractivity contribution in [1.29, 1.82) is 0 Å². The Balaban J connectivity index is 0.000000184. The monoisotopic (exact) mass is 257 g/mol. The van der Waals surface area contributed by atoms with Gasteiger partial charge in [-0.2, -0.15) is 0 Å². The minimum absolute atomic E-state index is 0.269. The summed E-state index contributed by atoms with van der Waals surface area (Å²) in [6.07, 6.45) is 2.37. The number of nitrogens with one attached hydrogen (secondary N) is 2. The zero-order valence-electron chi connectivity index (χ0n) is 10.3. The van der Waals surface area contributed by atoms with E-state index in [1.54, 1.807) is 6.92 Å². The van der Waals surface area contributed by atoms with Crippen molar-refractivity contribution in [2.75, 3.05) is 13.1 Å². The van der Waals surface area contributed by atoms with Crippen LogP contribution < -0.4 is 10.6 Å². The number of rotatable bonds is 2. The summed E-state index contributed by atoms with van der Waals surface area (Å²) < 4.78 is 0. The molecule has 0 radical (unpaired) electrons. The highest BCUT2D eigenvalue weighted by molar-refractivity contribution is 5.86. The Morgan fingerprint density at radius 3 is 2.22 bits per heavy atom. The van der Waals surface area contributed by atoms with E-state index >= 15 is 0 Å². The molecule has 2 aliphatic heterocycles. The van der Waals surface area contributed by atoms with Gasteiger partial charge in [-0.15, -0.1) is 0 Å². The molecule has 1 fully saturated rings. The molecule has 1 saturated heterocycles. The Bertz CT molecular complexity index is 337. The van der Waals surface area contributed by atoms with Gasteiger partial charge in [-0.05, 0) is 32.7 Å². The molecule has 0 aromatic rings. The summed E-state index contributed by atoms with van der Waals surface area (Å²) in [5.74, 6) is -0.796. The first-order valence-electron chi connectivity index (χ1n) is 5.97. The van der Waals surface area contributed by atoms with Crippen molar-refractivity contribution in [2.45, 2.75) is 38.3 Å². The molecule has 7 nitrogen and oxygen atoms in total. The molecule has 0 saturated carbocycles. The van der Waals surface area contributed by atoms with Crippen molar-refractivity contribution in [1.82, 2.24) is 10.6 Å². The van der Waals surface area contributed by atoms with Crippen molar-refractivity contribution >= 4 is 17.8 Å². The minimum Gasteiger partial charge on any atom is -0.480 e. The molecule has 2 heterocycles. The maximum atomic E-state index is 10.4. The summed E-state index contributed by atoms with van der Waals surface area (Å²) in [4.78, 5) is 24.5. The molecule has 0 aromatic carbocycles. The highest BCUT2D eigenvalue weighted by atomic mass is 16.4. The second-order valence-corrected chi connectivity index (χ2v) is 4.28. The molecule has 18 heavy (non-hydrogen) atoms. The summed E-state index contributed by atoms with van der Waals surface area (Å²) >= 11 is 0. The van der Waals surface area contributed by atoms with Crippen molar-refractivity contribution in [3.63, 3.8) is 0 Å². The Morgan fingerprint density at radius 1 is 1.22 bits per heavy atom. The summed E-state index contributed by atoms with van der Waals surface area (Å²) in [6.45, 7) is 3.25. The molecule has 0 bridgehead atoms. The summed E-state index contributed by atoms with van der Waals surface area (Å²) in [5, 5.41) is 22.5. The van der Waals surface area contributed by atoms with Crippen molar-refractivity contribution in [2.24, 2.45) is 4.99 Å². The molecular weight excluding hydrogens is 238 g/mol. The average Bonchev–Trinajstić information content (AvgIpc) is 2.83. The molecule has 7 heteroatoms. The minimum atomic E-state index is -0.797. The topological polar surface area (TPSA) is 111 Å². The van der Waals surface area contributed by atoms with E-state index in [-0.39, 0.29) is 6.04 Å². The number of aliphatic carboxylic acids is 2. The molecular formula is C11H19N3O4. The molecule has 2 atom stereocenters. The van der Waals surface area contributed by atoms with Crippen LogP contribution in [0.5, 0.6) is 0 Å². The molecule has 4 N–H and O–H groups in total. The smallest absolute Gasteiger partial charge is 0.326 e. The lowest BCUT2D eigenvalue weighted by Gasteiger charge is -2.18. The zero-order valence-corrected chi connectivity index (χ0v) is 10.3. The van der Waals surface area contributed by atoms with E-state index in [9.17, 15) is 9.59 Å². The molecule has 2 rings (SSSR count). The first-order chi connectivity index (χ1) is 8.50. The van der Waals surface area contributed by atoms with E-state index in [0.29, 0.717) is 13.0 Å². The number of hydrogen-bond acceptors (Lipinski definition) is 5. The summed E-state index contributed by atoms with van der Waals surface area (Å²) in [7, 11) is 0. The predicted molar refractivity (Wildman–Crippen MR) is 65.8 cm³/mol. The third-order valence-corrected chi connectivity index (χ3v) is 2.81. The fourth-order valence-electron chi connectivity index (χ4n) is 1.81. The van der Waals surface area contributed by atoms with Gasteiger partial charge in [0, 0.05) is 6.54 Å². The average molecular weight is 257 g/mol. The van der Waals surface area contributed by atoms with E-state index in [0.717, 1.165) is 25.2 Å². The number of nitrogens with zero attached hydrogens (tertiary/aromatic N) is 1. The number of amidine groups is 1. The van der Waals surface area contributed by atoms with Crippen molar-refractivity contribution < 1.29 is 19.8 Å². The summed E-state index contributed by atoms with van der Waals surface area (Å²) in [5.41, 5.74) is 0. The Morgan fingerprint density at radius 2 is 1.89 bits per heavy atom. The van der Waals surface area contributed by atoms with Gasteiger partial charge in [-0.25, -0.2) is 4.79 Å². The van der Waals surface area contributed by atoms with E-state index in [1.807, 2.05) is 0 Å². The molecule has 0 aliphatic carbocycles. The maximum Gasteiger partial charge on any atom is 0.326 e. The summed E-state index contributed by atoms with van der Waals surface area (Å²) in [6, 6.07) is -0.701. The van der Waals surface area contributed by atoms with Crippen molar-refractivity contribution in [3.8, 4) is 0 Å². The van der Waals surface area contributed by atoms with Crippen molar-refractivity contribution in [3.05, 3.63) is 0 Å². The Labute approximate surface area is 105 Å². The Kier molecular flexibility index (Phi) is 5.57. The van der Waals surface area contributed by atoms with E-state index < -0.39 is 18.0 Å². The second kappa shape index (κ2) is 6.95. The number of hydrogen-bond donors (Lipinski definition) is 4. The highest BCUT2D eigenvalue weighted by Crippen LogP contribution is 2.03. The van der Waals surface area contributed by atoms with Crippen LogP contribution in [0, 0.1) is 0 Å². The SMILES string of the molecule is CC1=NCCC(C(=O)O)N1.O=C(O)[C@@H]1CCCN1. The fourth-order valence-corrected chi connectivity index (χ4v) is 1.81. The fraction of sp³-hybridized carbons (Fsp3) is 0.727. The second-order valence-electron chi connectivity index (χ2n) is 4.28. The van der Waals surface area contributed by atoms with E-state index in [2.05, 4.69) is 15.6 Å². The molecule has 2 aliphatic rings. The zero-order chi connectivity index (χ0) is 13.5. The number of carboxylic acids is 2. The van der Waals surface area contributed by atoms with Crippen LogP contribution in [0.4, 0.5) is 0 Å². The molecule has 0 amide bonds. The van der Waals surface area contributed by atoms with Gasteiger partial charge < -0.3 is 20.8 Å². The molecule has 1 unspecified atom stereocenters. The van der Waals surface area contributed by atoms with Crippen LogP contribution in [0.2, 0.25) is 0 Å². The first kappa shape index (κ1) is 14.4. The number of carbonyl (C=O) groups is 2. The van der Waals surface area contributed by atoms with E-state index in [1.165, 1.54) is 0 Å². The first-order valence-corrected chi connectivity index (χ1v) is 5.97. The van der Waals surface area contributed by atoms with Gasteiger partial charge in [-0.1, -0.05) is 0 Å². The highest BCUT2D eigenvalue weighted by Gasteiger charge is 2.20. The predicted octanol–water partition coefficient (Wildman–Crippen LogP) is -0.326. The van der Waals surface area contributed by atoms with Crippen LogP contribution in [-0.4, -0.2) is 53.2 Å². The van der Waals surface area contributed by atoms with Crippen LogP contribution in [0.25, 0.3) is 0 Å². The third-order valence-electron chi connectivity index (χ3n) is 2.81. The van der Waals surface area contributed by atoms with Crippen LogP contribution in [0.15, 0.2) is 4.99 Å². The standard InChI is InChI=1S/C6H10N2O2.C5H9NO2/c1-4-7-3-2-5(8-4)6(9)10;7-5(8)4-2-1-3-6-4/h5H,2-3H2,1H3,(H,7,8)(H,9,10);4,6H,1-3H2,(H,7,8)/t;4-/m.0/s1. The molecule has 0 spiro atoms. The van der Waals surface area contributed by atoms with Gasteiger partial charge in [0.15, 0.2) is 0 Å². The van der Waals surface area contributed by atoms with Crippen LogP contribution >= 0.6 is 0 Å². The number of aliphatic imine (C=N–C) groups is 1. The van der Waals surface area contributed by atoms with Gasteiger partial charge in [0.25, 0.3) is 0 Å². The lowest BCUT2D eigenvalue weighted by atomic mass is 10.2. The van der Waals surface area contributed by atoms with Gasteiger partial charge >= 0.3 is 11.9 Å². The normalized spacial score (nSPS) is 26.4. The lowest BCUT2D eigenvalue weighted by molar-refractivity contribution is -0.140. The van der Waals surface area contributed by atoms with Crippen LogP contribution in [0.3, 0.4) is 0 Å². The van der Waals surface area contributed by atoms with Crippen LogP contribution in [-0.2, 0) is 9.59 Å². The van der Waals surface area contributed by atoms with Crippen LogP contribution in [0.1, 0.15) is 26.2 Å². The van der Waals surface area contributed by atoms with E-state index in [4.69, 9.17) is 10.2 Å². The van der Waals surface area contributed by atoms with Gasteiger partial charge in [0.2, 0.25) is 0 Å². The largest absolute Gasteiger partial charge is 0.480 e. The lowest BCUT2D eigenvalue weighted by Crippen LogP contribution is -2.42. The van der Waals surface area contributed by atoms with Gasteiger partial charge in [-0.3, -0.25) is 9.79 Å². The molecule has 0 aromatic heterocycles. The number of carboxylic acid groups (broad SMARTS) is 2.